The van der Waals surface area contributed by atoms with Crippen LogP contribution in [0.4, 0.5) is 0 Å². The molecule has 2 saturated heterocycles. The number of rotatable bonds is 1. The SMILES string of the molecule is C1CCC2(CC1)CN(C1CCCNCC1)C2. The van der Waals surface area contributed by atoms with Gasteiger partial charge in [-0.2, -0.15) is 0 Å². The molecule has 1 spiro atoms. The summed E-state index contributed by atoms with van der Waals surface area (Å²) in [5.74, 6) is 0. The Bertz CT molecular complexity index is 217. The molecular formula is C14H26N2. The quantitative estimate of drug-likeness (QED) is 0.733. The maximum atomic E-state index is 3.52. The van der Waals surface area contributed by atoms with E-state index in [2.05, 4.69) is 10.2 Å². The highest BCUT2D eigenvalue weighted by Gasteiger charge is 2.45. The predicted octanol–water partition coefficient (Wildman–Crippen LogP) is 2.39. The summed E-state index contributed by atoms with van der Waals surface area (Å²) in [6.45, 7) is 5.35. The van der Waals surface area contributed by atoms with Gasteiger partial charge in [0, 0.05) is 19.1 Å². The molecule has 0 aromatic rings. The van der Waals surface area contributed by atoms with Gasteiger partial charge in [0.05, 0.1) is 0 Å². The Kier molecular flexibility index (Phi) is 3.21. The van der Waals surface area contributed by atoms with E-state index in [9.17, 15) is 0 Å². The molecule has 16 heavy (non-hydrogen) atoms. The summed E-state index contributed by atoms with van der Waals surface area (Å²) in [5, 5.41) is 3.52. The second-order valence-corrected chi connectivity index (χ2v) is 6.30. The zero-order chi connectivity index (χ0) is 10.8. The van der Waals surface area contributed by atoms with E-state index in [-0.39, 0.29) is 0 Å². The largest absolute Gasteiger partial charge is 0.317 e. The Morgan fingerprint density at radius 1 is 0.875 bits per heavy atom. The predicted molar refractivity (Wildman–Crippen MR) is 67.6 cm³/mol. The number of hydrogen-bond acceptors (Lipinski definition) is 2. The second kappa shape index (κ2) is 4.66. The first-order chi connectivity index (χ1) is 7.88. The lowest BCUT2D eigenvalue weighted by Gasteiger charge is -2.55. The summed E-state index contributed by atoms with van der Waals surface area (Å²) in [5.41, 5.74) is 0.776. The first-order valence-corrected chi connectivity index (χ1v) is 7.33. The molecule has 2 nitrogen and oxygen atoms in total. The van der Waals surface area contributed by atoms with Crippen molar-refractivity contribution in [3.8, 4) is 0 Å². The van der Waals surface area contributed by atoms with Crippen LogP contribution in [0.2, 0.25) is 0 Å². The van der Waals surface area contributed by atoms with Crippen molar-refractivity contribution < 1.29 is 0 Å². The molecule has 2 aliphatic heterocycles. The first kappa shape index (κ1) is 11.0. The van der Waals surface area contributed by atoms with Crippen LogP contribution in [-0.4, -0.2) is 37.1 Å². The average molecular weight is 222 g/mol. The van der Waals surface area contributed by atoms with E-state index in [1.165, 1.54) is 77.5 Å². The fourth-order valence-electron chi connectivity index (χ4n) is 4.06. The summed E-state index contributed by atoms with van der Waals surface area (Å²) in [6.07, 6.45) is 11.7. The molecular weight excluding hydrogens is 196 g/mol. The third-order valence-electron chi connectivity index (χ3n) is 5.05. The fraction of sp³-hybridized carbons (Fsp3) is 1.00. The Morgan fingerprint density at radius 2 is 1.69 bits per heavy atom. The van der Waals surface area contributed by atoms with Crippen LogP contribution in [0.5, 0.6) is 0 Å². The van der Waals surface area contributed by atoms with E-state index in [0.717, 1.165) is 11.5 Å². The first-order valence-electron chi connectivity index (χ1n) is 7.33. The van der Waals surface area contributed by atoms with Crippen molar-refractivity contribution in [1.82, 2.24) is 10.2 Å². The van der Waals surface area contributed by atoms with Crippen molar-refractivity contribution in [3.63, 3.8) is 0 Å². The minimum atomic E-state index is 0.776. The van der Waals surface area contributed by atoms with Crippen LogP contribution in [0.25, 0.3) is 0 Å². The molecule has 0 aromatic heterocycles. The molecule has 2 heteroatoms. The summed E-state index contributed by atoms with van der Waals surface area (Å²) in [6, 6.07) is 0.905. The van der Waals surface area contributed by atoms with Gasteiger partial charge in [-0.3, -0.25) is 4.90 Å². The van der Waals surface area contributed by atoms with Crippen LogP contribution < -0.4 is 5.32 Å². The van der Waals surface area contributed by atoms with Gasteiger partial charge in [0.1, 0.15) is 0 Å². The van der Waals surface area contributed by atoms with Gasteiger partial charge in [-0.1, -0.05) is 19.3 Å². The van der Waals surface area contributed by atoms with Gasteiger partial charge in [-0.15, -0.1) is 0 Å². The minimum absolute atomic E-state index is 0.776. The molecule has 0 aromatic carbocycles. The lowest BCUT2D eigenvalue weighted by atomic mass is 9.68. The van der Waals surface area contributed by atoms with Gasteiger partial charge in [0.25, 0.3) is 0 Å². The number of nitrogens with zero attached hydrogens (tertiary/aromatic N) is 1. The van der Waals surface area contributed by atoms with Crippen molar-refractivity contribution in [2.24, 2.45) is 5.41 Å². The van der Waals surface area contributed by atoms with Crippen LogP contribution >= 0.6 is 0 Å². The van der Waals surface area contributed by atoms with Gasteiger partial charge in [-0.05, 0) is 50.6 Å². The number of nitrogens with one attached hydrogen (secondary N) is 1. The van der Waals surface area contributed by atoms with E-state index in [1.54, 1.807) is 0 Å². The summed E-state index contributed by atoms with van der Waals surface area (Å²) in [7, 11) is 0. The smallest absolute Gasteiger partial charge is 0.0108 e. The lowest BCUT2D eigenvalue weighted by molar-refractivity contribution is -0.0573. The maximum Gasteiger partial charge on any atom is 0.0108 e. The topological polar surface area (TPSA) is 15.3 Å². The highest BCUT2D eigenvalue weighted by molar-refractivity contribution is 4.99. The molecule has 3 rings (SSSR count). The molecule has 1 atom stereocenters. The molecule has 92 valence electrons. The van der Waals surface area contributed by atoms with Crippen molar-refractivity contribution >= 4 is 0 Å². The third-order valence-corrected chi connectivity index (χ3v) is 5.05. The van der Waals surface area contributed by atoms with Crippen LogP contribution in [0.1, 0.15) is 51.4 Å². The van der Waals surface area contributed by atoms with Gasteiger partial charge < -0.3 is 5.32 Å². The molecule has 3 aliphatic rings. The van der Waals surface area contributed by atoms with E-state index in [4.69, 9.17) is 0 Å². The average Bonchev–Trinajstić information content (AvgIpc) is 2.55. The van der Waals surface area contributed by atoms with Crippen LogP contribution in [0.15, 0.2) is 0 Å². The maximum absolute atomic E-state index is 3.52. The normalized spacial score (nSPS) is 35.6. The van der Waals surface area contributed by atoms with Gasteiger partial charge in [0.2, 0.25) is 0 Å². The third kappa shape index (κ3) is 2.14. The molecule has 1 unspecified atom stereocenters. The number of likely N-dealkylation sites (tertiary alicyclic amines) is 1. The van der Waals surface area contributed by atoms with E-state index in [1.807, 2.05) is 0 Å². The monoisotopic (exact) mass is 222 g/mol. The summed E-state index contributed by atoms with van der Waals surface area (Å²) >= 11 is 0. The second-order valence-electron chi connectivity index (χ2n) is 6.30. The molecule has 0 radical (unpaired) electrons. The molecule has 1 aliphatic carbocycles. The van der Waals surface area contributed by atoms with E-state index < -0.39 is 0 Å². The zero-order valence-electron chi connectivity index (χ0n) is 10.5. The van der Waals surface area contributed by atoms with Gasteiger partial charge in [-0.25, -0.2) is 0 Å². The van der Waals surface area contributed by atoms with E-state index >= 15 is 0 Å². The molecule has 0 amide bonds. The van der Waals surface area contributed by atoms with Gasteiger partial charge in [0.15, 0.2) is 0 Å². The van der Waals surface area contributed by atoms with Crippen molar-refractivity contribution in [1.29, 1.82) is 0 Å². The highest BCUT2D eigenvalue weighted by Crippen LogP contribution is 2.45. The fourth-order valence-corrected chi connectivity index (χ4v) is 4.06. The molecule has 1 saturated carbocycles. The Hall–Kier alpha value is -0.0800. The molecule has 1 N–H and O–H groups in total. The van der Waals surface area contributed by atoms with Gasteiger partial charge >= 0.3 is 0 Å². The highest BCUT2D eigenvalue weighted by atomic mass is 15.2. The van der Waals surface area contributed by atoms with Crippen LogP contribution in [0.3, 0.4) is 0 Å². The molecule has 2 heterocycles. The van der Waals surface area contributed by atoms with E-state index in [0.29, 0.717) is 0 Å². The van der Waals surface area contributed by atoms with Crippen molar-refractivity contribution in [2.75, 3.05) is 26.2 Å². The standard InChI is InChI=1S/C14H26N2/c1-2-7-14(8-3-1)11-16(12-14)13-5-4-9-15-10-6-13/h13,15H,1-12H2. The zero-order valence-corrected chi connectivity index (χ0v) is 10.5. The summed E-state index contributed by atoms with van der Waals surface area (Å²) in [4.78, 5) is 2.79. The van der Waals surface area contributed by atoms with Crippen LogP contribution in [0, 0.1) is 5.41 Å². The minimum Gasteiger partial charge on any atom is -0.317 e. The molecule has 0 bridgehead atoms. The van der Waals surface area contributed by atoms with Crippen molar-refractivity contribution in [2.45, 2.75) is 57.4 Å². The summed E-state index contributed by atoms with van der Waals surface area (Å²) < 4.78 is 0. The van der Waals surface area contributed by atoms with Crippen LogP contribution in [-0.2, 0) is 0 Å². The Balaban J connectivity index is 1.51. The lowest BCUT2D eigenvalue weighted by Crippen LogP contribution is -2.60. The molecule has 3 fully saturated rings. The Morgan fingerprint density at radius 3 is 2.50 bits per heavy atom. The number of hydrogen-bond donors (Lipinski definition) is 1. The Labute approximate surface area is 99.8 Å². The van der Waals surface area contributed by atoms with Crippen molar-refractivity contribution in [3.05, 3.63) is 0 Å².